The molecular weight excluding hydrogens is 277 g/mol. The first-order valence-corrected chi connectivity index (χ1v) is 9.19. The number of nitrogens with zero attached hydrogens (tertiary/aromatic N) is 1. The zero-order valence-electron chi connectivity index (χ0n) is 13.4. The normalized spacial score (nSPS) is 22.4. The molecule has 1 N–H and O–H groups in total. The number of rotatable bonds is 8. The molecule has 20 heavy (non-hydrogen) atoms. The van der Waals surface area contributed by atoms with E-state index in [9.17, 15) is 9.46 Å². The van der Waals surface area contributed by atoms with E-state index < -0.39 is 7.82 Å². The predicted molar refractivity (Wildman–Crippen MR) is 80.4 cm³/mol. The molecule has 0 radical (unpaired) electrons. The lowest BCUT2D eigenvalue weighted by atomic mass is 9.84. The Balaban J connectivity index is 2.43. The van der Waals surface area contributed by atoms with Crippen molar-refractivity contribution in [2.24, 2.45) is 5.92 Å². The summed E-state index contributed by atoms with van der Waals surface area (Å²) in [6, 6.07) is 0. The van der Waals surface area contributed by atoms with Crippen molar-refractivity contribution in [3.63, 3.8) is 0 Å². The minimum Gasteiger partial charge on any atom is -0.329 e. The monoisotopic (exact) mass is 308 g/mol. The largest absolute Gasteiger partial charge is 0.472 e. The lowest BCUT2D eigenvalue weighted by Gasteiger charge is -2.30. The third kappa shape index (κ3) is 7.19. The van der Waals surface area contributed by atoms with E-state index in [1.54, 1.807) is 0 Å². The van der Waals surface area contributed by atoms with E-state index in [0.29, 0.717) is 16.9 Å². The van der Waals surface area contributed by atoms with E-state index in [1.807, 2.05) is 28.1 Å². The zero-order chi connectivity index (χ0) is 15.2. The van der Waals surface area contributed by atoms with Gasteiger partial charge in [-0.15, -0.1) is 0 Å². The van der Waals surface area contributed by atoms with Crippen molar-refractivity contribution >= 4 is 7.82 Å². The zero-order valence-corrected chi connectivity index (χ0v) is 14.3. The third-order valence-corrected chi connectivity index (χ3v) is 4.91. The summed E-state index contributed by atoms with van der Waals surface area (Å²) in [6.45, 7) is 2.91. The fourth-order valence-electron chi connectivity index (χ4n) is 2.63. The van der Waals surface area contributed by atoms with Crippen molar-refractivity contribution < 1.29 is 23.0 Å². The number of quaternary nitrogens is 1. The van der Waals surface area contributed by atoms with Crippen LogP contribution in [0.15, 0.2) is 0 Å². The number of phosphoric ester groups is 1. The van der Waals surface area contributed by atoms with Crippen molar-refractivity contribution in [3.05, 3.63) is 0 Å². The molecule has 0 saturated heterocycles. The standard InChI is InChI=1S/C14H30NO4P/c1-5-14(13-9-7-6-8-10-13)19-20(16,17)18-12-11-15(2,3)4/h13-14H,5-12H2,1-4H3/p+1. The Hall–Kier alpha value is 0.0700. The molecule has 0 amide bonds. The molecule has 1 aliphatic rings. The molecule has 0 bridgehead atoms. The first-order valence-electron chi connectivity index (χ1n) is 7.70. The summed E-state index contributed by atoms with van der Waals surface area (Å²) in [5, 5.41) is 0. The molecule has 0 heterocycles. The summed E-state index contributed by atoms with van der Waals surface area (Å²) in [5.41, 5.74) is 0. The van der Waals surface area contributed by atoms with E-state index in [4.69, 9.17) is 9.05 Å². The molecule has 1 saturated carbocycles. The van der Waals surface area contributed by atoms with Gasteiger partial charge in [0.25, 0.3) is 0 Å². The number of hydrogen-bond acceptors (Lipinski definition) is 3. The van der Waals surface area contributed by atoms with Crippen molar-refractivity contribution in [1.29, 1.82) is 0 Å². The van der Waals surface area contributed by atoms with Crippen LogP contribution in [0.3, 0.4) is 0 Å². The second-order valence-corrected chi connectivity index (χ2v) is 8.17. The Morgan fingerprint density at radius 1 is 1.25 bits per heavy atom. The smallest absolute Gasteiger partial charge is 0.329 e. The lowest BCUT2D eigenvalue weighted by molar-refractivity contribution is -0.870. The number of likely N-dealkylation sites (N-methyl/N-ethyl adjacent to an activating group) is 1. The van der Waals surface area contributed by atoms with Gasteiger partial charge in [-0.25, -0.2) is 4.57 Å². The third-order valence-electron chi connectivity index (χ3n) is 3.86. The quantitative estimate of drug-likeness (QED) is 0.553. The Kier molecular flexibility index (Phi) is 7.16. The van der Waals surface area contributed by atoms with Crippen molar-refractivity contribution in [2.75, 3.05) is 34.3 Å². The van der Waals surface area contributed by atoms with Crippen LogP contribution in [0.1, 0.15) is 45.4 Å². The molecule has 1 fully saturated rings. The second-order valence-electron chi connectivity index (χ2n) is 6.77. The van der Waals surface area contributed by atoms with Gasteiger partial charge < -0.3 is 9.38 Å². The maximum absolute atomic E-state index is 12.0. The van der Waals surface area contributed by atoms with Gasteiger partial charge in [0.15, 0.2) is 0 Å². The van der Waals surface area contributed by atoms with Crippen LogP contribution in [-0.2, 0) is 13.6 Å². The Labute approximate surface area is 123 Å². The van der Waals surface area contributed by atoms with Crippen LogP contribution in [0, 0.1) is 5.92 Å². The summed E-state index contributed by atoms with van der Waals surface area (Å²) >= 11 is 0. The minimum atomic E-state index is -3.93. The molecule has 0 aromatic heterocycles. The molecule has 0 aliphatic heterocycles. The number of phosphoric acid groups is 1. The molecule has 120 valence electrons. The van der Waals surface area contributed by atoms with Gasteiger partial charge in [0.1, 0.15) is 13.2 Å². The second kappa shape index (κ2) is 7.90. The maximum atomic E-state index is 12.0. The highest BCUT2D eigenvalue weighted by Crippen LogP contribution is 2.47. The van der Waals surface area contributed by atoms with Crippen molar-refractivity contribution in [3.8, 4) is 0 Å². The van der Waals surface area contributed by atoms with Crippen LogP contribution in [-0.4, -0.2) is 49.8 Å². The molecule has 2 atom stereocenters. The maximum Gasteiger partial charge on any atom is 0.472 e. The Morgan fingerprint density at radius 2 is 1.85 bits per heavy atom. The van der Waals surface area contributed by atoms with Gasteiger partial charge in [0.2, 0.25) is 0 Å². The molecule has 0 spiro atoms. The molecule has 1 rings (SSSR count). The summed E-state index contributed by atoms with van der Waals surface area (Å²) in [7, 11) is 2.12. The lowest BCUT2D eigenvalue weighted by Crippen LogP contribution is -2.37. The van der Waals surface area contributed by atoms with Gasteiger partial charge in [0.05, 0.1) is 27.2 Å². The van der Waals surface area contributed by atoms with Crippen LogP contribution in [0.2, 0.25) is 0 Å². The highest BCUT2D eigenvalue weighted by atomic mass is 31.2. The van der Waals surface area contributed by atoms with Crippen LogP contribution in [0.5, 0.6) is 0 Å². The molecule has 5 nitrogen and oxygen atoms in total. The van der Waals surface area contributed by atoms with E-state index >= 15 is 0 Å². The Morgan fingerprint density at radius 3 is 2.35 bits per heavy atom. The molecule has 0 aromatic rings. The average Bonchev–Trinajstić information content (AvgIpc) is 2.35. The molecule has 6 heteroatoms. The molecule has 2 unspecified atom stereocenters. The fourth-order valence-corrected chi connectivity index (χ4v) is 3.67. The molecular formula is C14H31NO4P+. The summed E-state index contributed by atoms with van der Waals surface area (Å²) < 4.78 is 23.2. The van der Waals surface area contributed by atoms with Crippen LogP contribution in [0.4, 0.5) is 0 Å². The van der Waals surface area contributed by atoms with E-state index in [1.165, 1.54) is 19.3 Å². The van der Waals surface area contributed by atoms with Gasteiger partial charge in [-0.05, 0) is 25.2 Å². The predicted octanol–water partition coefficient (Wildman–Crippen LogP) is 3.19. The van der Waals surface area contributed by atoms with Gasteiger partial charge in [-0.1, -0.05) is 26.2 Å². The molecule has 0 aromatic carbocycles. The van der Waals surface area contributed by atoms with E-state index in [-0.39, 0.29) is 12.7 Å². The first kappa shape index (κ1) is 18.1. The number of hydrogen-bond donors (Lipinski definition) is 1. The van der Waals surface area contributed by atoms with Gasteiger partial charge in [-0.3, -0.25) is 9.05 Å². The first-order chi connectivity index (χ1) is 9.23. The average molecular weight is 308 g/mol. The summed E-state index contributed by atoms with van der Waals surface area (Å²) in [4.78, 5) is 9.85. The SMILES string of the molecule is CCC(OP(=O)(O)OCC[N+](C)(C)C)C1CCCCC1. The van der Waals surface area contributed by atoms with Crippen LogP contribution < -0.4 is 0 Å². The van der Waals surface area contributed by atoms with Crippen molar-refractivity contribution in [2.45, 2.75) is 51.6 Å². The van der Waals surface area contributed by atoms with Crippen LogP contribution >= 0.6 is 7.82 Å². The highest BCUT2D eigenvalue weighted by molar-refractivity contribution is 7.47. The van der Waals surface area contributed by atoms with Gasteiger partial charge >= 0.3 is 7.82 Å². The highest BCUT2D eigenvalue weighted by Gasteiger charge is 2.31. The van der Waals surface area contributed by atoms with Crippen molar-refractivity contribution in [1.82, 2.24) is 0 Å². The Bertz CT molecular complexity index is 324. The van der Waals surface area contributed by atoms with Crippen LogP contribution in [0.25, 0.3) is 0 Å². The topological polar surface area (TPSA) is 55.8 Å². The molecule has 1 aliphatic carbocycles. The minimum absolute atomic E-state index is 0.157. The summed E-state index contributed by atoms with van der Waals surface area (Å²) in [5.74, 6) is 0.399. The van der Waals surface area contributed by atoms with Gasteiger partial charge in [-0.2, -0.15) is 0 Å². The van der Waals surface area contributed by atoms with E-state index in [0.717, 1.165) is 19.3 Å². The van der Waals surface area contributed by atoms with E-state index in [2.05, 4.69) is 0 Å². The summed E-state index contributed by atoms with van der Waals surface area (Å²) in [6.07, 6.45) is 6.45. The fraction of sp³-hybridized carbons (Fsp3) is 1.00. The van der Waals surface area contributed by atoms with Gasteiger partial charge in [0, 0.05) is 0 Å².